The van der Waals surface area contributed by atoms with Crippen molar-refractivity contribution in [1.29, 1.82) is 0 Å². The van der Waals surface area contributed by atoms with Crippen LogP contribution in [0.15, 0.2) is 78.9 Å². The lowest BCUT2D eigenvalue weighted by molar-refractivity contribution is 0.323. The van der Waals surface area contributed by atoms with Gasteiger partial charge < -0.3 is 15.5 Å². The monoisotopic (exact) mass is 479 g/mol. The van der Waals surface area contributed by atoms with E-state index in [0.29, 0.717) is 6.04 Å². The highest BCUT2D eigenvalue weighted by Crippen LogP contribution is 2.28. The van der Waals surface area contributed by atoms with Crippen molar-refractivity contribution in [3.63, 3.8) is 0 Å². The third-order valence-electron chi connectivity index (χ3n) is 7.29. The summed E-state index contributed by atoms with van der Waals surface area (Å²) in [5.41, 5.74) is 5.17. The first kappa shape index (κ1) is 24.3. The fourth-order valence-electron chi connectivity index (χ4n) is 5.29. The van der Waals surface area contributed by atoms with Crippen LogP contribution in [-0.4, -0.2) is 36.6 Å². The smallest absolute Gasteiger partial charge is 0.225 e. The lowest BCUT2D eigenvalue weighted by Gasteiger charge is -2.29. The fraction of sp³-hybridized carbons (Fsp3) is 0.355. The second-order valence-electron chi connectivity index (χ2n) is 10.2. The van der Waals surface area contributed by atoms with E-state index in [1.54, 1.807) is 0 Å². The maximum absolute atomic E-state index is 4.83. The molecule has 0 bridgehead atoms. The standard InChI is InChI=1S/C31H37N5/c1-36(2)30-28-14-8-9-15-29(28)34-31(35-30)33-27-18-16-24(17-19-27)21-32-22-26-13-7-6-12-25(26)20-23-10-4-3-5-11-23/h3-15,24,27,32H,16-22H2,1-2H3,(H,33,34,35)/t24-,27+. The Bertz CT molecular complexity index is 1260. The van der Waals surface area contributed by atoms with Crippen LogP contribution in [0.4, 0.5) is 11.8 Å². The highest BCUT2D eigenvalue weighted by Gasteiger charge is 2.22. The molecule has 5 rings (SSSR count). The Balaban J connectivity index is 1.12. The molecule has 36 heavy (non-hydrogen) atoms. The molecule has 0 unspecified atom stereocenters. The van der Waals surface area contributed by atoms with Crippen molar-refractivity contribution >= 4 is 22.7 Å². The minimum Gasteiger partial charge on any atom is -0.362 e. The summed E-state index contributed by atoms with van der Waals surface area (Å²) in [5, 5.41) is 8.47. The number of fused-ring (bicyclic) bond motifs is 1. The van der Waals surface area contributed by atoms with Gasteiger partial charge >= 0.3 is 0 Å². The van der Waals surface area contributed by atoms with Gasteiger partial charge in [0.25, 0.3) is 0 Å². The van der Waals surface area contributed by atoms with Gasteiger partial charge in [-0.15, -0.1) is 0 Å². The van der Waals surface area contributed by atoms with Crippen molar-refractivity contribution in [2.75, 3.05) is 30.9 Å². The van der Waals surface area contributed by atoms with Crippen molar-refractivity contribution < 1.29 is 0 Å². The van der Waals surface area contributed by atoms with E-state index in [4.69, 9.17) is 9.97 Å². The molecule has 0 aliphatic heterocycles. The van der Waals surface area contributed by atoms with Gasteiger partial charge in [-0.25, -0.2) is 4.98 Å². The predicted octanol–water partition coefficient (Wildman–Crippen LogP) is 6.05. The zero-order chi connectivity index (χ0) is 24.7. The first-order valence-electron chi connectivity index (χ1n) is 13.2. The van der Waals surface area contributed by atoms with E-state index in [1.165, 1.54) is 29.5 Å². The molecule has 1 saturated carbocycles. The van der Waals surface area contributed by atoms with Crippen molar-refractivity contribution in [3.05, 3.63) is 95.6 Å². The van der Waals surface area contributed by atoms with E-state index < -0.39 is 0 Å². The molecular weight excluding hydrogens is 442 g/mol. The number of aromatic nitrogens is 2. The van der Waals surface area contributed by atoms with Crippen molar-refractivity contribution in [2.24, 2.45) is 5.92 Å². The summed E-state index contributed by atoms with van der Waals surface area (Å²) in [5.74, 6) is 2.43. The molecule has 5 heteroatoms. The molecule has 0 atom stereocenters. The van der Waals surface area contributed by atoms with Crippen LogP contribution in [-0.2, 0) is 13.0 Å². The van der Waals surface area contributed by atoms with Gasteiger partial charge in [0.1, 0.15) is 5.82 Å². The Labute approximate surface area is 215 Å². The molecule has 5 nitrogen and oxygen atoms in total. The van der Waals surface area contributed by atoms with Gasteiger partial charge in [0, 0.05) is 32.1 Å². The molecule has 1 aliphatic rings. The molecule has 0 spiro atoms. The number of hydrogen-bond donors (Lipinski definition) is 2. The molecule has 1 fully saturated rings. The summed E-state index contributed by atoms with van der Waals surface area (Å²) in [6, 6.07) is 28.2. The van der Waals surface area contributed by atoms with Crippen LogP contribution in [0.25, 0.3) is 10.9 Å². The van der Waals surface area contributed by atoms with Crippen LogP contribution in [0.2, 0.25) is 0 Å². The second-order valence-corrected chi connectivity index (χ2v) is 10.2. The molecule has 4 aromatic rings. The van der Waals surface area contributed by atoms with Gasteiger partial charge in [-0.2, -0.15) is 4.98 Å². The summed E-state index contributed by atoms with van der Waals surface area (Å²) in [4.78, 5) is 11.7. The number of nitrogens with one attached hydrogen (secondary N) is 2. The summed E-state index contributed by atoms with van der Waals surface area (Å²) in [7, 11) is 4.08. The number of nitrogens with zero attached hydrogens (tertiary/aromatic N) is 3. The van der Waals surface area contributed by atoms with Crippen LogP contribution in [0.5, 0.6) is 0 Å². The van der Waals surface area contributed by atoms with Gasteiger partial charge in [-0.05, 0) is 73.4 Å². The van der Waals surface area contributed by atoms with E-state index in [0.717, 1.165) is 60.9 Å². The van der Waals surface area contributed by atoms with E-state index >= 15 is 0 Å². The summed E-state index contributed by atoms with van der Waals surface area (Å²) >= 11 is 0. The van der Waals surface area contributed by atoms with Crippen LogP contribution in [0.3, 0.4) is 0 Å². The fourth-order valence-corrected chi connectivity index (χ4v) is 5.29. The number of benzene rings is 3. The number of hydrogen-bond acceptors (Lipinski definition) is 5. The lowest BCUT2D eigenvalue weighted by Crippen LogP contribution is -2.31. The van der Waals surface area contributed by atoms with Gasteiger partial charge in [-0.3, -0.25) is 0 Å². The molecule has 0 amide bonds. The molecule has 1 aliphatic carbocycles. The molecule has 0 radical (unpaired) electrons. The Morgan fingerprint density at radius 3 is 2.25 bits per heavy atom. The summed E-state index contributed by atoms with van der Waals surface area (Å²) < 4.78 is 0. The zero-order valence-electron chi connectivity index (χ0n) is 21.5. The molecule has 1 heterocycles. The van der Waals surface area contributed by atoms with E-state index in [9.17, 15) is 0 Å². The molecule has 0 saturated heterocycles. The first-order chi connectivity index (χ1) is 17.7. The Morgan fingerprint density at radius 2 is 1.47 bits per heavy atom. The Morgan fingerprint density at radius 1 is 0.778 bits per heavy atom. The van der Waals surface area contributed by atoms with Gasteiger partial charge in [0.15, 0.2) is 0 Å². The highest BCUT2D eigenvalue weighted by atomic mass is 15.2. The largest absolute Gasteiger partial charge is 0.362 e. The Hall–Kier alpha value is -3.44. The van der Waals surface area contributed by atoms with Crippen LogP contribution in [0.1, 0.15) is 42.4 Å². The molecule has 1 aromatic heterocycles. The maximum atomic E-state index is 4.83. The molecule has 3 aromatic carbocycles. The van der Waals surface area contributed by atoms with Crippen LogP contribution < -0.4 is 15.5 Å². The Kier molecular flexibility index (Phi) is 7.77. The minimum atomic E-state index is 0.434. The number of anilines is 2. The molecular formula is C31H37N5. The SMILES string of the molecule is CN(C)c1nc(N[C@H]2CC[C@@H](CNCc3ccccc3Cc3ccccc3)CC2)nc2ccccc12. The summed E-state index contributed by atoms with van der Waals surface area (Å²) in [6.07, 6.45) is 5.76. The number of para-hydroxylation sites is 1. The highest BCUT2D eigenvalue weighted by molar-refractivity contribution is 5.90. The van der Waals surface area contributed by atoms with Crippen molar-refractivity contribution in [3.8, 4) is 0 Å². The summed E-state index contributed by atoms with van der Waals surface area (Å²) in [6.45, 7) is 2.00. The third-order valence-corrected chi connectivity index (χ3v) is 7.29. The van der Waals surface area contributed by atoms with E-state index in [2.05, 4.69) is 82.3 Å². The minimum absolute atomic E-state index is 0.434. The van der Waals surface area contributed by atoms with E-state index in [-0.39, 0.29) is 0 Å². The van der Waals surface area contributed by atoms with Gasteiger partial charge in [0.05, 0.1) is 5.52 Å². The second kappa shape index (κ2) is 11.5. The molecule has 2 N–H and O–H groups in total. The lowest BCUT2D eigenvalue weighted by atomic mass is 9.86. The maximum Gasteiger partial charge on any atom is 0.225 e. The first-order valence-corrected chi connectivity index (χ1v) is 13.2. The zero-order valence-corrected chi connectivity index (χ0v) is 21.5. The normalized spacial score (nSPS) is 17.7. The van der Waals surface area contributed by atoms with E-state index in [1.807, 2.05) is 26.2 Å². The van der Waals surface area contributed by atoms with Crippen LogP contribution >= 0.6 is 0 Å². The topological polar surface area (TPSA) is 53.1 Å². The van der Waals surface area contributed by atoms with Crippen molar-refractivity contribution in [1.82, 2.24) is 15.3 Å². The van der Waals surface area contributed by atoms with Gasteiger partial charge in [0.2, 0.25) is 5.95 Å². The third kappa shape index (κ3) is 6.03. The average molecular weight is 480 g/mol. The predicted molar refractivity (Wildman–Crippen MR) is 151 cm³/mol. The van der Waals surface area contributed by atoms with Gasteiger partial charge in [-0.1, -0.05) is 66.7 Å². The average Bonchev–Trinajstić information content (AvgIpc) is 2.91. The number of rotatable bonds is 9. The van der Waals surface area contributed by atoms with Crippen LogP contribution in [0, 0.1) is 5.92 Å². The van der Waals surface area contributed by atoms with Crippen molar-refractivity contribution in [2.45, 2.75) is 44.7 Å². The quantitative estimate of drug-likeness (QED) is 0.306. The molecule has 186 valence electrons.